The molecule has 1 aromatic carbocycles. The van der Waals surface area contributed by atoms with Gasteiger partial charge in [-0.3, -0.25) is 14.7 Å². The van der Waals surface area contributed by atoms with Gasteiger partial charge in [0.1, 0.15) is 0 Å². The average Bonchev–Trinajstić information content (AvgIpc) is 2.63. The van der Waals surface area contributed by atoms with Crippen molar-refractivity contribution < 1.29 is 18.7 Å². The number of alkyl halides is 2. The molecule has 26 heavy (non-hydrogen) atoms. The van der Waals surface area contributed by atoms with Crippen molar-refractivity contribution in [2.24, 2.45) is 5.92 Å². The Morgan fingerprint density at radius 1 is 1.27 bits per heavy atom. The van der Waals surface area contributed by atoms with Gasteiger partial charge in [-0.2, -0.15) is 0 Å². The number of aromatic nitrogens is 1. The first kappa shape index (κ1) is 18.5. The van der Waals surface area contributed by atoms with Crippen LogP contribution in [0.2, 0.25) is 0 Å². The fourth-order valence-corrected chi connectivity index (χ4v) is 3.45. The molecule has 6 heteroatoms. The number of piperidine rings is 1. The summed E-state index contributed by atoms with van der Waals surface area (Å²) in [7, 11) is 0. The summed E-state index contributed by atoms with van der Waals surface area (Å²) in [4.78, 5) is 17.7. The van der Waals surface area contributed by atoms with Gasteiger partial charge in [0, 0.05) is 31.3 Å². The minimum atomic E-state index is -2.38. The molecule has 0 saturated carbocycles. The van der Waals surface area contributed by atoms with E-state index < -0.39 is 12.4 Å². The SMILES string of the molecule is O=C(O)C1CCCN(Cc2ccc(-c3ccccc3CC(F)F)cn2)C1. The number of hydrogen-bond acceptors (Lipinski definition) is 3. The molecule has 2 aromatic rings. The van der Waals surface area contributed by atoms with Gasteiger partial charge in [-0.25, -0.2) is 8.78 Å². The van der Waals surface area contributed by atoms with Gasteiger partial charge in [0.15, 0.2) is 0 Å². The maximum Gasteiger partial charge on any atom is 0.307 e. The summed E-state index contributed by atoms with van der Waals surface area (Å²) in [6.07, 6.45) is 0.639. The van der Waals surface area contributed by atoms with Crippen LogP contribution in [-0.2, 0) is 17.8 Å². The predicted octanol–water partition coefficient (Wildman–Crippen LogP) is 3.85. The lowest BCUT2D eigenvalue weighted by Gasteiger charge is -2.30. The topological polar surface area (TPSA) is 53.4 Å². The van der Waals surface area contributed by atoms with Crippen LogP contribution in [0.1, 0.15) is 24.1 Å². The summed E-state index contributed by atoms with van der Waals surface area (Å²) in [6.45, 7) is 2.00. The maximum absolute atomic E-state index is 12.8. The minimum Gasteiger partial charge on any atom is -0.481 e. The number of benzene rings is 1. The van der Waals surface area contributed by atoms with Gasteiger partial charge in [-0.15, -0.1) is 0 Å². The summed E-state index contributed by atoms with van der Waals surface area (Å²) in [5.41, 5.74) is 3.05. The minimum absolute atomic E-state index is 0.276. The number of pyridine rings is 1. The number of rotatable bonds is 6. The van der Waals surface area contributed by atoms with Crippen LogP contribution in [-0.4, -0.2) is 40.5 Å². The standard InChI is InChI=1S/C20H22F2N2O2/c21-19(22)10-14-4-1-2-6-18(14)15-7-8-17(23-11-15)13-24-9-3-5-16(12-24)20(25)26/h1-2,4,6-8,11,16,19H,3,5,9-10,12-13H2,(H,25,26). The first-order valence-electron chi connectivity index (χ1n) is 8.79. The van der Waals surface area contributed by atoms with Gasteiger partial charge in [0.25, 0.3) is 0 Å². The van der Waals surface area contributed by atoms with Crippen LogP contribution in [0.3, 0.4) is 0 Å². The van der Waals surface area contributed by atoms with Gasteiger partial charge >= 0.3 is 5.97 Å². The highest BCUT2D eigenvalue weighted by atomic mass is 19.3. The van der Waals surface area contributed by atoms with E-state index in [0.29, 0.717) is 18.7 Å². The van der Waals surface area contributed by atoms with Crippen molar-refractivity contribution in [1.82, 2.24) is 9.88 Å². The summed E-state index contributed by atoms with van der Waals surface area (Å²) >= 11 is 0. The predicted molar refractivity (Wildman–Crippen MR) is 95.0 cm³/mol. The average molecular weight is 360 g/mol. The maximum atomic E-state index is 12.8. The van der Waals surface area contributed by atoms with E-state index in [-0.39, 0.29) is 12.3 Å². The van der Waals surface area contributed by atoms with E-state index in [4.69, 9.17) is 0 Å². The Labute approximate surface area is 151 Å². The summed E-state index contributed by atoms with van der Waals surface area (Å²) in [5.74, 6) is -1.06. The molecule has 1 aliphatic rings. The van der Waals surface area contributed by atoms with E-state index in [0.717, 1.165) is 36.2 Å². The third-order valence-corrected chi connectivity index (χ3v) is 4.77. The Bertz CT molecular complexity index is 750. The number of hydrogen-bond donors (Lipinski definition) is 1. The van der Waals surface area contributed by atoms with Gasteiger partial charge in [-0.1, -0.05) is 30.3 Å². The zero-order chi connectivity index (χ0) is 18.5. The van der Waals surface area contributed by atoms with Crippen LogP contribution in [0.5, 0.6) is 0 Å². The molecule has 0 amide bonds. The van der Waals surface area contributed by atoms with Crippen molar-refractivity contribution >= 4 is 5.97 Å². The van der Waals surface area contributed by atoms with Crippen molar-refractivity contribution in [3.05, 3.63) is 53.9 Å². The van der Waals surface area contributed by atoms with Gasteiger partial charge in [0.05, 0.1) is 11.6 Å². The molecule has 1 N–H and O–H groups in total. The monoisotopic (exact) mass is 360 g/mol. The van der Waals surface area contributed by atoms with Crippen molar-refractivity contribution in [2.45, 2.75) is 32.2 Å². The summed E-state index contributed by atoms with van der Waals surface area (Å²) < 4.78 is 25.5. The van der Waals surface area contributed by atoms with E-state index in [2.05, 4.69) is 9.88 Å². The molecule has 2 heterocycles. The summed E-state index contributed by atoms with van der Waals surface area (Å²) in [6, 6.07) is 10.9. The molecule has 1 fully saturated rings. The zero-order valence-electron chi connectivity index (χ0n) is 14.4. The molecule has 138 valence electrons. The highest BCUT2D eigenvalue weighted by Gasteiger charge is 2.25. The van der Waals surface area contributed by atoms with E-state index in [9.17, 15) is 18.7 Å². The number of carboxylic acid groups (broad SMARTS) is 1. The molecule has 4 nitrogen and oxygen atoms in total. The van der Waals surface area contributed by atoms with Crippen LogP contribution < -0.4 is 0 Å². The van der Waals surface area contributed by atoms with Gasteiger partial charge < -0.3 is 5.11 Å². The molecule has 1 atom stereocenters. The third kappa shape index (κ3) is 4.64. The molecule has 1 aliphatic heterocycles. The highest BCUT2D eigenvalue weighted by molar-refractivity contribution is 5.70. The fraction of sp³-hybridized carbons (Fsp3) is 0.400. The second-order valence-corrected chi connectivity index (χ2v) is 6.70. The molecule has 0 spiro atoms. The van der Waals surface area contributed by atoms with Crippen molar-refractivity contribution in [3.63, 3.8) is 0 Å². The van der Waals surface area contributed by atoms with E-state index >= 15 is 0 Å². The lowest BCUT2D eigenvalue weighted by atomic mass is 9.97. The highest BCUT2D eigenvalue weighted by Crippen LogP contribution is 2.25. The van der Waals surface area contributed by atoms with Crippen molar-refractivity contribution in [3.8, 4) is 11.1 Å². The normalized spacial score (nSPS) is 18.2. The van der Waals surface area contributed by atoms with Crippen molar-refractivity contribution in [2.75, 3.05) is 13.1 Å². The number of aliphatic carboxylic acids is 1. The largest absolute Gasteiger partial charge is 0.481 e. The molecule has 1 aromatic heterocycles. The second-order valence-electron chi connectivity index (χ2n) is 6.70. The smallest absolute Gasteiger partial charge is 0.307 e. The second kappa shape index (κ2) is 8.36. The first-order chi connectivity index (χ1) is 12.5. The Morgan fingerprint density at radius 3 is 2.77 bits per heavy atom. The van der Waals surface area contributed by atoms with Crippen LogP contribution in [0, 0.1) is 5.92 Å². The lowest BCUT2D eigenvalue weighted by molar-refractivity contribution is -0.143. The molecule has 0 radical (unpaired) electrons. The molecular weight excluding hydrogens is 338 g/mol. The zero-order valence-corrected chi connectivity index (χ0v) is 14.4. The summed E-state index contributed by atoms with van der Waals surface area (Å²) in [5, 5.41) is 9.18. The molecular formula is C20H22F2N2O2. The molecule has 1 unspecified atom stereocenters. The van der Waals surface area contributed by atoms with Gasteiger partial charge in [0.2, 0.25) is 6.43 Å². The van der Waals surface area contributed by atoms with E-state index in [1.807, 2.05) is 24.3 Å². The Kier molecular flexibility index (Phi) is 5.93. The first-order valence-corrected chi connectivity index (χ1v) is 8.79. The van der Waals surface area contributed by atoms with Gasteiger partial charge in [-0.05, 0) is 36.6 Å². The lowest BCUT2D eigenvalue weighted by Crippen LogP contribution is -2.38. The molecule has 0 aliphatic carbocycles. The number of carbonyl (C=O) groups is 1. The number of likely N-dealkylation sites (tertiary alicyclic amines) is 1. The Balaban J connectivity index is 1.70. The van der Waals surface area contributed by atoms with Crippen LogP contribution in [0.25, 0.3) is 11.1 Å². The molecule has 3 rings (SSSR count). The van der Waals surface area contributed by atoms with Crippen LogP contribution in [0.4, 0.5) is 8.78 Å². The number of carboxylic acids is 1. The number of halogens is 2. The fourth-order valence-electron chi connectivity index (χ4n) is 3.45. The van der Waals surface area contributed by atoms with Crippen molar-refractivity contribution in [1.29, 1.82) is 0 Å². The van der Waals surface area contributed by atoms with Crippen LogP contribution in [0.15, 0.2) is 42.6 Å². The Hall–Kier alpha value is -2.34. The van der Waals surface area contributed by atoms with Crippen LogP contribution >= 0.6 is 0 Å². The van der Waals surface area contributed by atoms with E-state index in [1.165, 1.54) is 0 Å². The molecule has 0 bridgehead atoms. The Morgan fingerprint density at radius 2 is 2.08 bits per heavy atom. The van der Waals surface area contributed by atoms with E-state index in [1.54, 1.807) is 18.3 Å². The number of nitrogens with zero attached hydrogens (tertiary/aromatic N) is 2. The molecule has 1 saturated heterocycles. The quantitative estimate of drug-likeness (QED) is 0.850. The third-order valence-electron chi connectivity index (χ3n) is 4.77.